The van der Waals surface area contributed by atoms with Crippen molar-refractivity contribution in [2.24, 2.45) is 0 Å². The number of rotatable bonds is 8. The number of nitrogens with one attached hydrogen (secondary N) is 1. The van der Waals surface area contributed by atoms with Gasteiger partial charge in [-0.05, 0) is 36.3 Å². The summed E-state index contributed by atoms with van der Waals surface area (Å²) in [4.78, 5) is 12.3. The lowest BCUT2D eigenvalue weighted by Crippen LogP contribution is -2.26. The number of amides is 1. The van der Waals surface area contributed by atoms with Crippen LogP contribution in [0.3, 0.4) is 0 Å². The van der Waals surface area contributed by atoms with E-state index in [9.17, 15) is 10.1 Å². The molecule has 1 amide bonds. The minimum absolute atomic E-state index is 0.0804. The Morgan fingerprint density at radius 2 is 2.00 bits per heavy atom. The first-order valence-electron chi connectivity index (χ1n) is 9.33. The fraction of sp³-hybridized carbons (Fsp3) is 0.217. The fourth-order valence-electron chi connectivity index (χ4n) is 3.13. The van der Waals surface area contributed by atoms with Gasteiger partial charge in [-0.2, -0.15) is 5.26 Å². The van der Waals surface area contributed by atoms with Gasteiger partial charge in [0.2, 0.25) is 0 Å². The molecular weight excluding hydrogens is 386 g/mol. The molecule has 0 fully saturated rings. The number of nitriles is 1. The highest BCUT2D eigenvalue weighted by Crippen LogP contribution is 2.25. The molecule has 0 saturated carbocycles. The Kier molecular flexibility index (Phi) is 7.07. The number of para-hydroxylation sites is 1. The van der Waals surface area contributed by atoms with Crippen LogP contribution in [0.4, 0.5) is 0 Å². The van der Waals surface area contributed by atoms with Crippen LogP contribution in [-0.4, -0.2) is 30.7 Å². The second-order valence-electron chi connectivity index (χ2n) is 6.63. The van der Waals surface area contributed by atoms with Crippen LogP contribution in [0.1, 0.15) is 17.5 Å². The number of hydrogen-bond acceptors (Lipinski definition) is 3. The zero-order valence-electron chi connectivity index (χ0n) is 16.2. The van der Waals surface area contributed by atoms with Crippen LogP contribution in [-0.2, 0) is 16.1 Å². The summed E-state index contributed by atoms with van der Waals surface area (Å²) in [6.07, 6.45) is 4.31. The summed E-state index contributed by atoms with van der Waals surface area (Å²) < 4.78 is 7.08. The Labute approximate surface area is 175 Å². The highest BCUT2D eigenvalue weighted by atomic mass is 35.5. The van der Waals surface area contributed by atoms with Crippen molar-refractivity contribution in [3.63, 3.8) is 0 Å². The third kappa shape index (κ3) is 5.26. The first-order valence-corrected chi connectivity index (χ1v) is 9.71. The SMILES string of the molecule is COCCCNC(=O)/C(C#N)=C/c1cn(Cc2ccc(Cl)cc2)c2ccccc12. The molecule has 0 unspecified atom stereocenters. The number of nitrogens with zero attached hydrogens (tertiary/aromatic N) is 2. The number of benzene rings is 2. The first-order chi connectivity index (χ1) is 14.1. The molecule has 0 spiro atoms. The van der Waals surface area contributed by atoms with Gasteiger partial charge in [0.05, 0.1) is 0 Å². The van der Waals surface area contributed by atoms with Crippen molar-refractivity contribution in [2.45, 2.75) is 13.0 Å². The summed E-state index contributed by atoms with van der Waals surface area (Å²) >= 11 is 5.98. The second kappa shape index (κ2) is 9.92. The maximum atomic E-state index is 12.3. The Hall–Kier alpha value is -3.07. The molecule has 0 bridgehead atoms. The van der Waals surface area contributed by atoms with E-state index in [4.69, 9.17) is 16.3 Å². The molecule has 29 heavy (non-hydrogen) atoms. The topological polar surface area (TPSA) is 67.0 Å². The zero-order chi connectivity index (χ0) is 20.6. The van der Waals surface area contributed by atoms with Gasteiger partial charge in [-0.3, -0.25) is 4.79 Å². The molecule has 0 aliphatic rings. The largest absolute Gasteiger partial charge is 0.385 e. The van der Waals surface area contributed by atoms with E-state index >= 15 is 0 Å². The van der Waals surface area contributed by atoms with Gasteiger partial charge in [0.15, 0.2) is 0 Å². The van der Waals surface area contributed by atoms with Crippen molar-refractivity contribution in [1.82, 2.24) is 9.88 Å². The van der Waals surface area contributed by atoms with Crippen molar-refractivity contribution in [3.8, 4) is 6.07 Å². The second-order valence-corrected chi connectivity index (χ2v) is 7.06. The summed E-state index contributed by atoms with van der Waals surface area (Å²) in [6, 6.07) is 17.7. The van der Waals surface area contributed by atoms with Crippen molar-refractivity contribution in [2.75, 3.05) is 20.3 Å². The Morgan fingerprint density at radius 1 is 1.24 bits per heavy atom. The van der Waals surface area contributed by atoms with Gasteiger partial charge in [-0.25, -0.2) is 0 Å². The van der Waals surface area contributed by atoms with E-state index < -0.39 is 0 Å². The molecule has 148 valence electrons. The highest BCUT2D eigenvalue weighted by molar-refractivity contribution is 6.30. The van der Waals surface area contributed by atoms with Crippen LogP contribution in [0.2, 0.25) is 5.02 Å². The number of halogens is 1. The number of hydrogen-bond donors (Lipinski definition) is 1. The van der Waals surface area contributed by atoms with E-state index in [-0.39, 0.29) is 11.5 Å². The maximum absolute atomic E-state index is 12.3. The smallest absolute Gasteiger partial charge is 0.261 e. The third-order valence-electron chi connectivity index (χ3n) is 4.56. The number of carbonyl (C=O) groups is 1. The van der Waals surface area contributed by atoms with Gasteiger partial charge < -0.3 is 14.6 Å². The monoisotopic (exact) mass is 407 g/mol. The van der Waals surface area contributed by atoms with Gasteiger partial charge in [0, 0.05) is 54.5 Å². The molecular formula is C23H22ClN3O2. The van der Waals surface area contributed by atoms with Crippen LogP contribution < -0.4 is 5.32 Å². The van der Waals surface area contributed by atoms with Crippen LogP contribution in [0.5, 0.6) is 0 Å². The standard InChI is InChI=1S/C23H22ClN3O2/c1-29-12-4-11-26-23(28)18(14-25)13-19-16-27(22-6-3-2-5-21(19)22)15-17-7-9-20(24)10-8-17/h2-3,5-10,13,16H,4,11-12,15H2,1H3,(H,26,28)/b18-13+. The number of carbonyl (C=O) groups excluding carboxylic acids is 1. The van der Waals surface area contributed by atoms with E-state index in [1.54, 1.807) is 13.2 Å². The summed E-state index contributed by atoms with van der Waals surface area (Å²) in [5, 5.41) is 13.9. The van der Waals surface area contributed by atoms with Gasteiger partial charge in [0.25, 0.3) is 5.91 Å². The van der Waals surface area contributed by atoms with Crippen molar-refractivity contribution >= 4 is 34.5 Å². The lowest BCUT2D eigenvalue weighted by molar-refractivity contribution is -0.117. The van der Waals surface area contributed by atoms with Crippen LogP contribution >= 0.6 is 11.6 Å². The fourth-order valence-corrected chi connectivity index (χ4v) is 3.25. The first kappa shape index (κ1) is 20.7. The average Bonchev–Trinajstić information content (AvgIpc) is 3.08. The molecule has 0 aliphatic heterocycles. The van der Waals surface area contributed by atoms with E-state index in [0.717, 1.165) is 22.0 Å². The molecule has 0 radical (unpaired) electrons. The predicted molar refractivity (Wildman–Crippen MR) is 116 cm³/mol. The summed E-state index contributed by atoms with van der Waals surface area (Å²) in [5.74, 6) is -0.377. The van der Waals surface area contributed by atoms with Crippen molar-refractivity contribution in [1.29, 1.82) is 5.26 Å². The highest BCUT2D eigenvalue weighted by Gasteiger charge is 2.12. The Balaban J connectivity index is 1.88. The number of ether oxygens (including phenoxy) is 1. The van der Waals surface area contributed by atoms with Crippen molar-refractivity contribution < 1.29 is 9.53 Å². The molecule has 2 aromatic carbocycles. The number of fused-ring (bicyclic) bond motifs is 1. The maximum Gasteiger partial charge on any atom is 0.261 e. The molecule has 1 N–H and O–H groups in total. The van der Waals surface area contributed by atoms with E-state index in [2.05, 4.69) is 9.88 Å². The average molecular weight is 408 g/mol. The molecule has 3 aromatic rings. The minimum Gasteiger partial charge on any atom is -0.385 e. The Morgan fingerprint density at radius 3 is 2.72 bits per heavy atom. The van der Waals surface area contributed by atoms with Gasteiger partial charge in [-0.15, -0.1) is 0 Å². The van der Waals surface area contributed by atoms with E-state index in [0.29, 0.717) is 31.1 Å². The lowest BCUT2D eigenvalue weighted by Gasteiger charge is -2.05. The van der Waals surface area contributed by atoms with Crippen LogP contribution in [0.25, 0.3) is 17.0 Å². The molecule has 5 nitrogen and oxygen atoms in total. The molecule has 0 saturated heterocycles. The number of aromatic nitrogens is 1. The molecule has 3 rings (SSSR count). The normalized spacial score (nSPS) is 11.4. The molecule has 1 heterocycles. The van der Waals surface area contributed by atoms with Crippen molar-refractivity contribution in [3.05, 3.63) is 76.5 Å². The lowest BCUT2D eigenvalue weighted by atomic mass is 10.1. The van der Waals surface area contributed by atoms with Gasteiger partial charge >= 0.3 is 0 Å². The molecule has 0 atom stereocenters. The van der Waals surface area contributed by atoms with E-state index in [1.807, 2.05) is 60.8 Å². The molecule has 1 aromatic heterocycles. The number of methoxy groups -OCH3 is 1. The summed E-state index contributed by atoms with van der Waals surface area (Å²) in [6.45, 7) is 1.69. The summed E-state index contributed by atoms with van der Waals surface area (Å²) in [5.41, 5.74) is 3.06. The van der Waals surface area contributed by atoms with Crippen LogP contribution in [0.15, 0.2) is 60.3 Å². The van der Waals surface area contributed by atoms with Gasteiger partial charge in [0.1, 0.15) is 11.6 Å². The van der Waals surface area contributed by atoms with E-state index in [1.165, 1.54) is 0 Å². The quantitative estimate of drug-likeness (QED) is 0.342. The zero-order valence-corrected chi connectivity index (χ0v) is 16.9. The minimum atomic E-state index is -0.377. The predicted octanol–water partition coefficient (Wildman–Crippen LogP) is 4.40. The Bertz CT molecular complexity index is 1060. The third-order valence-corrected chi connectivity index (χ3v) is 4.81. The van der Waals surface area contributed by atoms with Crippen LogP contribution in [0, 0.1) is 11.3 Å². The molecule has 6 heteroatoms. The van der Waals surface area contributed by atoms with Gasteiger partial charge in [-0.1, -0.05) is 41.9 Å². The molecule has 0 aliphatic carbocycles. The summed E-state index contributed by atoms with van der Waals surface area (Å²) in [7, 11) is 1.61.